The van der Waals surface area contributed by atoms with Crippen LogP contribution in [0.5, 0.6) is 0 Å². The van der Waals surface area contributed by atoms with Gasteiger partial charge < -0.3 is 5.32 Å². The van der Waals surface area contributed by atoms with Gasteiger partial charge in [0.05, 0.1) is 9.82 Å². The summed E-state index contributed by atoms with van der Waals surface area (Å²) >= 11 is 0. The van der Waals surface area contributed by atoms with E-state index in [1.54, 1.807) is 37.3 Å². The van der Waals surface area contributed by atoms with Crippen molar-refractivity contribution in [3.8, 4) is 0 Å². The molecule has 3 aromatic rings. The number of anilines is 2. The van der Waals surface area contributed by atoms with Crippen LogP contribution in [0.15, 0.2) is 77.7 Å². The zero-order valence-electron chi connectivity index (χ0n) is 15.3. The van der Waals surface area contributed by atoms with E-state index < -0.39 is 20.9 Å². The monoisotopic (exact) mass is 411 g/mol. The van der Waals surface area contributed by atoms with E-state index in [1.165, 1.54) is 42.5 Å². The van der Waals surface area contributed by atoms with Crippen molar-refractivity contribution in [2.24, 2.45) is 0 Å². The maximum Gasteiger partial charge on any atom is 0.272 e. The molecule has 0 aromatic heterocycles. The molecule has 0 unspecified atom stereocenters. The van der Waals surface area contributed by atoms with Crippen LogP contribution in [0.1, 0.15) is 15.9 Å². The maximum atomic E-state index is 12.4. The SMILES string of the molecule is Cc1cc(C(=O)Nc2ccc(S(=O)(=O)Nc3ccccc3)cc2)ccc1[N+](=O)[O-]. The second-order valence-corrected chi connectivity index (χ2v) is 7.89. The summed E-state index contributed by atoms with van der Waals surface area (Å²) in [6, 6.07) is 18.2. The molecule has 0 saturated heterocycles. The molecule has 0 heterocycles. The molecule has 0 fully saturated rings. The van der Waals surface area contributed by atoms with E-state index in [-0.39, 0.29) is 16.1 Å². The molecule has 0 aliphatic carbocycles. The largest absolute Gasteiger partial charge is 0.322 e. The number of sulfonamides is 1. The van der Waals surface area contributed by atoms with Crippen LogP contribution in [0.3, 0.4) is 0 Å². The maximum absolute atomic E-state index is 12.4. The molecule has 0 spiro atoms. The number of carbonyl (C=O) groups is 1. The summed E-state index contributed by atoms with van der Waals surface area (Å²) in [5.41, 5.74) is 1.40. The highest BCUT2D eigenvalue weighted by Crippen LogP contribution is 2.21. The number of rotatable bonds is 6. The number of hydrogen-bond acceptors (Lipinski definition) is 5. The van der Waals surface area contributed by atoms with Gasteiger partial charge in [-0.05, 0) is 55.5 Å². The van der Waals surface area contributed by atoms with Crippen LogP contribution in [-0.4, -0.2) is 19.2 Å². The van der Waals surface area contributed by atoms with Gasteiger partial charge in [0.1, 0.15) is 0 Å². The molecule has 0 atom stereocenters. The van der Waals surface area contributed by atoms with Crippen molar-refractivity contribution in [3.05, 3.63) is 94.0 Å². The summed E-state index contributed by atoms with van der Waals surface area (Å²) in [5, 5.41) is 13.5. The average molecular weight is 411 g/mol. The van der Waals surface area contributed by atoms with Crippen molar-refractivity contribution in [1.29, 1.82) is 0 Å². The van der Waals surface area contributed by atoms with Crippen LogP contribution >= 0.6 is 0 Å². The van der Waals surface area contributed by atoms with Gasteiger partial charge in [0.15, 0.2) is 0 Å². The van der Waals surface area contributed by atoms with Crippen molar-refractivity contribution in [2.75, 3.05) is 10.0 Å². The van der Waals surface area contributed by atoms with Crippen molar-refractivity contribution < 1.29 is 18.1 Å². The lowest BCUT2D eigenvalue weighted by molar-refractivity contribution is -0.385. The van der Waals surface area contributed by atoms with Gasteiger partial charge in [0, 0.05) is 28.6 Å². The summed E-state index contributed by atoms with van der Waals surface area (Å²) in [6.45, 7) is 1.55. The molecule has 3 aromatic carbocycles. The van der Waals surface area contributed by atoms with E-state index in [9.17, 15) is 23.3 Å². The number of nitrogens with zero attached hydrogens (tertiary/aromatic N) is 1. The Morgan fingerprint density at radius 1 is 0.931 bits per heavy atom. The number of carbonyl (C=O) groups excluding carboxylic acids is 1. The number of nitro benzene ring substituents is 1. The van der Waals surface area contributed by atoms with Gasteiger partial charge in [-0.2, -0.15) is 0 Å². The molecule has 148 valence electrons. The number of nitro groups is 1. The Balaban J connectivity index is 1.72. The van der Waals surface area contributed by atoms with Gasteiger partial charge in [-0.3, -0.25) is 19.6 Å². The van der Waals surface area contributed by atoms with Gasteiger partial charge >= 0.3 is 0 Å². The molecule has 0 aliphatic rings. The first kappa shape index (κ1) is 20.0. The fourth-order valence-electron chi connectivity index (χ4n) is 2.64. The molecule has 0 saturated carbocycles. The summed E-state index contributed by atoms with van der Waals surface area (Å²) in [5.74, 6) is -0.457. The third-order valence-corrected chi connectivity index (χ3v) is 5.50. The molecule has 0 radical (unpaired) electrons. The van der Waals surface area contributed by atoms with Crippen molar-refractivity contribution in [2.45, 2.75) is 11.8 Å². The van der Waals surface area contributed by atoms with Crippen LogP contribution in [0.25, 0.3) is 0 Å². The highest BCUT2D eigenvalue weighted by Gasteiger charge is 2.16. The molecular weight excluding hydrogens is 394 g/mol. The standard InChI is InChI=1S/C20H17N3O5S/c1-14-13-15(7-12-19(14)23(25)26)20(24)21-16-8-10-18(11-9-16)29(27,28)22-17-5-3-2-4-6-17/h2-13,22H,1H3,(H,21,24). The Bertz CT molecular complexity index is 1160. The van der Waals surface area contributed by atoms with Crippen LogP contribution < -0.4 is 10.0 Å². The number of para-hydroxylation sites is 1. The molecule has 2 N–H and O–H groups in total. The van der Waals surface area contributed by atoms with Crippen LogP contribution in [0.4, 0.5) is 17.1 Å². The molecule has 8 nitrogen and oxygen atoms in total. The van der Waals surface area contributed by atoms with E-state index in [4.69, 9.17) is 0 Å². The lowest BCUT2D eigenvalue weighted by Gasteiger charge is -2.10. The molecule has 0 aliphatic heterocycles. The second-order valence-electron chi connectivity index (χ2n) is 6.21. The Morgan fingerprint density at radius 3 is 2.17 bits per heavy atom. The lowest BCUT2D eigenvalue weighted by Crippen LogP contribution is -2.14. The van der Waals surface area contributed by atoms with Crippen LogP contribution in [0, 0.1) is 17.0 Å². The summed E-state index contributed by atoms with van der Waals surface area (Å²) in [7, 11) is -3.76. The third kappa shape index (κ3) is 4.77. The lowest BCUT2D eigenvalue weighted by atomic mass is 10.1. The van der Waals surface area contributed by atoms with Gasteiger partial charge in [-0.15, -0.1) is 0 Å². The van der Waals surface area contributed by atoms with Crippen LogP contribution in [-0.2, 0) is 10.0 Å². The Hall–Kier alpha value is -3.72. The fourth-order valence-corrected chi connectivity index (χ4v) is 3.70. The zero-order chi connectivity index (χ0) is 21.0. The predicted molar refractivity (Wildman–Crippen MR) is 109 cm³/mol. The molecule has 9 heteroatoms. The van der Waals surface area contributed by atoms with Gasteiger partial charge in [-0.1, -0.05) is 18.2 Å². The van der Waals surface area contributed by atoms with Gasteiger partial charge in [0.2, 0.25) is 0 Å². The van der Waals surface area contributed by atoms with Crippen molar-refractivity contribution >= 4 is 33.0 Å². The van der Waals surface area contributed by atoms with Crippen molar-refractivity contribution in [3.63, 3.8) is 0 Å². The van der Waals surface area contributed by atoms with Gasteiger partial charge in [0.25, 0.3) is 21.6 Å². The number of nitrogens with one attached hydrogen (secondary N) is 2. The minimum Gasteiger partial charge on any atom is -0.322 e. The average Bonchev–Trinajstić information content (AvgIpc) is 2.68. The normalized spacial score (nSPS) is 10.9. The summed E-state index contributed by atoms with van der Waals surface area (Å²) in [4.78, 5) is 22.8. The first-order chi connectivity index (χ1) is 13.8. The van der Waals surface area contributed by atoms with Crippen molar-refractivity contribution in [1.82, 2.24) is 0 Å². The third-order valence-electron chi connectivity index (χ3n) is 4.10. The number of amides is 1. The minimum absolute atomic E-state index is 0.0468. The van der Waals surface area contributed by atoms with E-state index >= 15 is 0 Å². The quantitative estimate of drug-likeness (QED) is 0.470. The fraction of sp³-hybridized carbons (Fsp3) is 0.0500. The van der Waals surface area contributed by atoms with E-state index in [0.717, 1.165) is 0 Å². The Kier molecular flexibility index (Phi) is 5.60. The highest BCUT2D eigenvalue weighted by atomic mass is 32.2. The number of benzene rings is 3. The van der Waals surface area contributed by atoms with E-state index in [0.29, 0.717) is 16.9 Å². The first-order valence-electron chi connectivity index (χ1n) is 8.50. The first-order valence-corrected chi connectivity index (χ1v) is 9.99. The Labute approximate surface area is 167 Å². The van der Waals surface area contributed by atoms with Gasteiger partial charge in [-0.25, -0.2) is 8.42 Å². The molecule has 3 rings (SSSR count). The molecule has 1 amide bonds. The highest BCUT2D eigenvalue weighted by molar-refractivity contribution is 7.92. The number of aryl methyl sites for hydroxylation is 1. The Morgan fingerprint density at radius 2 is 1.59 bits per heavy atom. The molecular formula is C20H17N3O5S. The topological polar surface area (TPSA) is 118 Å². The smallest absolute Gasteiger partial charge is 0.272 e. The molecule has 0 bridgehead atoms. The van der Waals surface area contributed by atoms with E-state index in [2.05, 4.69) is 10.0 Å². The van der Waals surface area contributed by atoms with E-state index in [1.807, 2.05) is 0 Å². The summed E-state index contributed by atoms with van der Waals surface area (Å²) in [6.07, 6.45) is 0. The zero-order valence-corrected chi connectivity index (χ0v) is 16.1. The summed E-state index contributed by atoms with van der Waals surface area (Å²) < 4.78 is 27.3. The number of hydrogen-bond donors (Lipinski definition) is 2. The minimum atomic E-state index is -3.76. The predicted octanol–water partition coefficient (Wildman–Crippen LogP) is 3.96. The second kappa shape index (κ2) is 8.11. The van der Waals surface area contributed by atoms with Crippen LogP contribution in [0.2, 0.25) is 0 Å². The molecule has 29 heavy (non-hydrogen) atoms.